The molecule has 1 aliphatic rings. The fraction of sp³-hybridized carbons (Fsp3) is 0.562. The van der Waals surface area contributed by atoms with Crippen molar-refractivity contribution >= 4 is 29.9 Å². The van der Waals surface area contributed by atoms with E-state index in [-0.39, 0.29) is 24.1 Å². The summed E-state index contributed by atoms with van der Waals surface area (Å²) in [5.41, 5.74) is 5.64. The molecule has 1 amide bonds. The third kappa shape index (κ3) is 4.80. The number of carbonyl (C=O) groups excluding carboxylic acids is 1. The maximum absolute atomic E-state index is 13.2. The van der Waals surface area contributed by atoms with Gasteiger partial charge in [-0.05, 0) is 30.5 Å². The first-order valence-corrected chi connectivity index (χ1v) is 7.73. The summed E-state index contributed by atoms with van der Waals surface area (Å²) in [7, 11) is 0. The number of rotatable bonds is 4. The van der Waals surface area contributed by atoms with Crippen LogP contribution in [0, 0.1) is 5.82 Å². The van der Waals surface area contributed by atoms with E-state index in [2.05, 4.69) is 5.32 Å². The maximum Gasteiger partial charge on any atom is 0.240 e. The van der Waals surface area contributed by atoms with Gasteiger partial charge < -0.3 is 15.8 Å². The number of nitrogens with two attached hydrogens (primary N) is 1. The smallest absolute Gasteiger partial charge is 0.240 e. The quantitative estimate of drug-likeness (QED) is 0.863. The summed E-state index contributed by atoms with van der Waals surface area (Å²) < 4.78 is 18.4. The molecule has 0 spiro atoms. The van der Waals surface area contributed by atoms with Crippen molar-refractivity contribution in [2.24, 2.45) is 5.73 Å². The van der Waals surface area contributed by atoms with Crippen molar-refractivity contribution < 1.29 is 13.9 Å². The number of hydrogen-bond acceptors (Lipinski definition) is 3. The summed E-state index contributed by atoms with van der Waals surface area (Å²) >= 11 is 6.11. The molecule has 0 saturated carbocycles. The van der Waals surface area contributed by atoms with Gasteiger partial charge in [-0.3, -0.25) is 4.79 Å². The Morgan fingerprint density at radius 3 is 2.61 bits per heavy atom. The molecule has 0 aromatic heterocycles. The van der Waals surface area contributed by atoms with Crippen LogP contribution in [0.3, 0.4) is 0 Å². The SMILES string of the molecule is CC(C)(CNC(=O)C1(N)CCOCC1)c1ccc(F)cc1Cl.Cl. The monoisotopic (exact) mass is 364 g/mol. The van der Waals surface area contributed by atoms with Crippen molar-refractivity contribution in [2.45, 2.75) is 37.6 Å². The number of ether oxygens (including phenoxy) is 1. The summed E-state index contributed by atoms with van der Waals surface area (Å²) in [5, 5.41) is 3.26. The first-order valence-electron chi connectivity index (χ1n) is 7.35. The highest BCUT2D eigenvalue weighted by Gasteiger charge is 2.36. The van der Waals surface area contributed by atoms with Crippen LogP contribution in [0.15, 0.2) is 18.2 Å². The molecule has 1 saturated heterocycles. The molecule has 4 nitrogen and oxygen atoms in total. The summed E-state index contributed by atoms with van der Waals surface area (Å²) in [6, 6.07) is 4.30. The molecule has 7 heteroatoms. The van der Waals surface area contributed by atoms with Crippen LogP contribution >= 0.6 is 24.0 Å². The van der Waals surface area contributed by atoms with Crippen molar-refractivity contribution in [1.29, 1.82) is 0 Å². The van der Waals surface area contributed by atoms with Gasteiger partial charge >= 0.3 is 0 Å². The normalized spacial score (nSPS) is 17.3. The molecular formula is C16H23Cl2FN2O2. The Hall–Kier alpha value is -0.880. The first-order chi connectivity index (χ1) is 10.2. The van der Waals surface area contributed by atoms with E-state index in [9.17, 15) is 9.18 Å². The lowest BCUT2D eigenvalue weighted by Crippen LogP contribution is -2.58. The fourth-order valence-corrected chi connectivity index (χ4v) is 3.00. The predicted molar refractivity (Wildman–Crippen MR) is 91.7 cm³/mol. The van der Waals surface area contributed by atoms with Crippen LogP contribution in [-0.4, -0.2) is 31.2 Å². The van der Waals surface area contributed by atoms with Crippen molar-refractivity contribution in [1.82, 2.24) is 5.32 Å². The lowest BCUT2D eigenvalue weighted by Gasteiger charge is -2.34. The molecule has 1 aromatic rings. The van der Waals surface area contributed by atoms with Crippen molar-refractivity contribution in [3.63, 3.8) is 0 Å². The second-order valence-corrected chi connectivity index (χ2v) is 6.87. The number of halogens is 3. The number of amides is 1. The molecule has 2 rings (SSSR count). The van der Waals surface area contributed by atoms with Crippen LogP contribution in [0.25, 0.3) is 0 Å². The first kappa shape index (κ1) is 20.2. The second-order valence-electron chi connectivity index (χ2n) is 6.46. The highest BCUT2D eigenvalue weighted by atomic mass is 35.5. The van der Waals surface area contributed by atoms with Gasteiger partial charge in [-0.2, -0.15) is 0 Å². The Bertz CT molecular complexity index is 561. The Balaban J connectivity index is 0.00000264. The minimum Gasteiger partial charge on any atom is -0.381 e. The van der Waals surface area contributed by atoms with Gasteiger partial charge in [0.25, 0.3) is 0 Å². The number of hydrogen-bond donors (Lipinski definition) is 2. The summed E-state index contributed by atoms with van der Waals surface area (Å²) in [6.45, 7) is 5.25. The molecule has 130 valence electrons. The summed E-state index contributed by atoms with van der Waals surface area (Å²) in [5.74, 6) is -0.557. The van der Waals surface area contributed by atoms with Crippen molar-refractivity contribution in [3.05, 3.63) is 34.6 Å². The Morgan fingerprint density at radius 1 is 1.43 bits per heavy atom. The van der Waals surface area contributed by atoms with E-state index in [1.54, 1.807) is 6.07 Å². The lowest BCUT2D eigenvalue weighted by atomic mass is 9.83. The third-order valence-corrected chi connectivity index (χ3v) is 4.50. The minimum absolute atomic E-state index is 0. The summed E-state index contributed by atoms with van der Waals surface area (Å²) in [4.78, 5) is 12.4. The van der Waals surface area contributed by atoms with Gasteiger partial charge in [0.05, 0.1) is 5.54 Å². The van der Waals surface area contributed by atoms with E-state index in [0.717, 1.165) is 5.56 Å². The summed E-state index contributed by atoms with van der Waals surface area (Å²) in [6.07, 6.45) is 1.02. The maximum atomic E-state index is 13.2. The molecule has 1 heterocycles. The van der Waals surface area contributed by atoms with E-state index < -0.39 is 11.0 Å². The molecule has 1 aliphatic heterocycles. The second kappa shape index (κ2) is 7.79. The van der Waals surface area contributed by atoms with E-state index in [1.165, 1.54) is 12.1 Å². The molecule has 0 aliphatic carbocycles. The molecule has 23 heavy (non-hydrogen) atoms. The molecule has 1 fully saturated rings. The Labute approximate surface area is 147 Å². The van der Waals surface area contributed by atoms with Gasteiger partial charge in [0.1, 0.15) is 5.82 Å². The van der Waals surface area contributed by atoms with Gasteiger partial charge in [0.2, 0.25) is 5.91 Å². The number of carbonyl (C=O) groups is 1. The Morgan fingerprint density at radius 2 is 2.04 bits per heavy atom. The topological polar surface area (TPSA) is 64.4 Å². The van der Waals surface area contributed by atoms with Crippen LogP contribution in [-0.2, 0) is 14.9 Å². The average Bonchev–Trinajstić information content (AvgIpc) is 2.45. The molecule has 0 radical (unpaired) electrons. The van der Waals surface area contributed by atoms with Gasteiger partial charge in [0, 0.05) is 30.2 Å². The highest BCUT2D eigenvalue weighted by molar-refractivity contribution is 6.31. The van der Waals surface area contributed by atoms with E-state index in [4.69, 9.17) is 22.1 Å². The molecule has 0 atom stereocenters. The minimum atomic E-state index is -0.874. The molecule has 1 aromatic carbocycles. The van der Waals surface area contributed by atoms with Crippen LogP contribution < -0.4 is 11.1 Å². The van der Waals surface area contributed by atoms with Crippen LogP contribution in [0.4, 0.5) is 4.39 Å². The fourth-order valence-electron chi connectivity index (χ4n) is 2.57. The van der Waals surface area contributed by atoms with Crippen LogP contribution in [0.2, 0.25) is 5.02 Å². The van der Waals surface area contributed by atoms with Crippen LogP contribution in [0.1, 0.15) is 32.3 Å². The van der Waals surface area contributed by atoms with E-state index >= 15 is 0 Å². The van der Waals surface area contributed by atoms with Gasteiger partial charge in [-0.15, -0.1) is 12.4 Å². The van der Waals surface area contributed by atoms with Crippen molar-refractivity contribution in [3.8, 4) is 0 Å². The lowest BCUT2D eigenvalue weighted by molar-refractivity contribution is -0.130. The molecular weight excluding hydrogens is 342 g/mol. The molecule has 0 unspecified atom stereocenters. The predicted octanol–water partition coefficient (Wildman–Crippen LogP) is 2.80. The highest BCUT2D eigenvalue weighted by Crippen LogP contribution is 2.30. The van der Waals surface area contributed by atoms with Gasteiger partial charge in [-0.25, -0.2) is 4.39 Å². The Kier molecular flexibility index (Phi) is 6.83. The zero-order valence-corrected chi connectivity index (χ0v) is 14.9. The van der Waals surface area contributed by atoms with Crippen LogP contribution in [0.5, 0.6) is 0 Å². The third-order valence-electron chi connectivity index (χ3n) is 4.19. The van der Waals surface area contributed by atoms with E-state index in [0.29, 0.717) is 37.6 Å². The standard InChI is InChI=1S/C16H22ClFN2O2.ClH/c1-15(2,12-4-3-11(18)9-13(12)17)10-20-14(21)16(19)5-7-22-8-6-16;/h3-4,9H,5-8,10,19H2,1-2H3,(H,20,21);1H. The largest absolute Gasteiger partial charge is 0.381 e. The van der Waals surface area contributed by atoms with Gasteiger partial charge in [-0.1, -0.05) is 31.5 Å². The number of nitrogens with one attached hydrogen (secondary N) is 1. The average molecular weight is 365 g/mol. The van der Waals surface area contributed by atoms with Gasteiger partial charge in [0.15, 0.2) is 0 Å². The zero-order chi connectivity index (χ0) is 16.4. The molecule has 3 N–H and O–H groups in total. The number of benzene rings is 1. The molecule has 0 bridgehead atoms. The van der Waals surface area contributed by atoms with Crippen molar-refractivity contribution in [2.75, 3.05) is 19.8 Å². The zero-order valence-electron chi connectivity index (χ0n) is 13.3. The van der Waals surface area contributed by atoms with E-state index in [1.807, 2.05) is 13.8 Å².